The number of hydrogen-bond donors (Lipinski definition) is 0. The lowest BCUT2D eigenvalue weighted by Crippen LogP contribution is -1.99. The molecule has 3 heterocycles. The maximum Gasteiger partial charge on any atom is 0.361 e. The average Bonchev–Trinajstić information content (AvgIpc) is 3.35. The molecule has 1 aliphatic rings. The summed E-state index contributed by atoms with van der Waals surface area (Å²) in [5.41, 5.74) is 10.1. The highest BCUT2D eigenvalue weighted by Crippen LogP contribution is 2.34. The van der Waals surface area contributed by atoms with Gasteiger partial charge in [0, 0.05) is 11.1 Å². The van der Waals surface area contributed by atoms with Gasteiger partial charge in [0.1, 0.15) is 11.5 Å². The molecule has 0 saturated heterocycles. The molecule has 2 aromatic heterocycles. The quantitative estimate of drug-likeness (QED) is 0.0967. The van der Waals surface area contributed by atoms with Gasteiger partial charge in [-0.2, -0.15) is 0 Å². The third-order valence-corrected chi connectivity index (χ3v) is 10.2. The number of benzene rings is 6. The first kappa shape index (κ1) is 38.4. The molecule has 0 atom stereocenters. The van der Waals surface area contributed by atoms with Crippen LogP contribution in [0.5, 0.6) is 0 Å². The summed E-state index contributed by atoms with van der Waals surface area (Å²) in [5.74, 6) is 4.74. The first-order valence-electron chi connectivity index (χ1n) is 20.4. The number of allylic oxidation sites excluding steroid dienone is 8. The maximum atomic E-state index is 6.51. The Morgan fingerprint density at radius 3 is 0.967 bits per heavy atom. The molecule has 0 amide bonds. The van der Waals surface area contributed by atoms with E-state index in [1.54, 1.807) is 0 Å². The molecule has 6 aromatic carbocycles. The third-order valence-electron chi connectivity index (χ3n) is 10.2. The lowest BCUT2D eigenvalue weighted by atomic mass is 10.0. The van der Waals surface area contributed by atoms with Crippen LogP contribution >= 0.6 is 0 Å². The summed E-state index contributed by atoms with van der Waals surface area (Å²) in [6, 6.07) is 69.7. The van der Waals surface area contributed by atoms with Crippen LogP contribution in [-0.2, 0) is 4.74 Å². The predicted octanol–water partition coefficient (Wildman–Crippen LogP) is 15.8. The first-order chi connectivity index (χ1) is 30.2. The highest BCUT2D eigenvalue weighted by molar-refractivity contribution is 5.78. The summed E-state index contributed by atoms with van der Waals surface area (Å²) >= 11 is 0. The van der Waals surface area contributed by atoms with Crippen molar-refractivity contribution in [2.45, 2.75) is 0 Å². The van der Waals surface area contributed by atoms with Crippen molar-refractivity contribution in [1.82, 2.24) is 0 Å². The van der Waals surface area contributed by atoms with Crippen molar-refractivity contribution >= 4 is 23.7 Å². The molecule has 0 aliphatic carbocycles. The Kier molecular flexibility index (Phi) is 11.7. The van der Waals surface area contributed by atoms with Gasteiger partial charge in [-0.05, 0) is 83.0 Å². The Balaban J connectivity index is 1.16. The van der Waals surface area contributed by atoms with Gasteiger partial charge in [0.25, 0.3) is 0 Å². The van der Waals surface area contributed by atoms with Crippen LogP contribution in [0.1, 0.15) is 22.3 Å². The van der Waals surface area contributed by atoms with Crippen LogP contribution in [0.3, 0.4) is 0 Å². The summed E-state index contributed by atoms with van der Waals surface area (Å²) in [6.07, 6.45) is 17.1. The van der Waals surface area contributed by atoms with Gasteiger partial charge in [-0.1, -0.05) is 170 Å². The Hall–Kier alpha value is -8.14. The fourth-order valence-electron chi connectivity index (χ4n) is 7.07. The monoisotopic (exact) mass is 786 g/mol. The van der Waals surface area contributed by atoms with E-state index in [2.05, 4.69) is 146 Å². The normalized spacial score (nSPS) is 12.4. The molecule has 61 heavy (non-hydrogen) atoms. The van der Waals surface area contributed by atoms with Gasteiger partial charge in [-0.25, -0.2) is 8.83 Å². The van der Waals surface area contributed by atoms with Crippen molar-refractivity contribution in [2.75, 3.05) is 0 Å². The zero-order valence-electron chi connectivity index (χ0n) is 33.5. The topological polar surface area (TPSA) is 31.8 Å². The molecule has 0 bridgehead atoms. The van der Waals surface area contributed by atoms with E-state index in [9.17, 15) is 0 Å². The zero-order valence-corrected chi connectivity index (χ0v) is 33.5. The third kappa shape index (κ3) is 9.77. The minimum Gasteiger partial charge on any atom is -0.456 e. The molecular formula is C58H42O3+2. The van der Waals surface area contributed by atoms with E-state index in [0.29, 0.717) is 0 Å². The molecule has 0 N–H and O–H groups in total. The average molecular weight is 787 g/mol. The number of hydrogen-bond acceptors (Lipinski definition) is 1. The minimum atomic E-state index is 0.791. The molecule has 0 unspecified atom stereocenters. The van der Waals surface area contributed by atoms with E-state index >= 15 is 0 Å². The van der Waals surface area contributed by atoms with Gasteiger partial charge in [-0.3, -0.25) is 0 Å². The second-order valence-electron chi connectivity index (χ2n) is 14.6. The molecule has 3 heteroatoms. The molecule has 1 aliphatic heterocycles. The molecule has 0 saturated carbocycles. The Morgan fingerprint density at radius 2 is 0.656 bits per heavy atom. The lowest BCUT2D eigenvalue weighted by Gasteiger charge is -2.19. The minimum absolute atomic E-state index is 0.791. The van der Waals surface area contributed by atoms with Crippen molar-refractivity contribution in [3.8, 4) is 45.3 Å². The van der Waals surface area contributed by atoms with E-state index in [1.165, 1.54) is 0 Å². The summed E-state index contributed by atoms with van der Waals surface area (Å²) in [4.78, 5) is 0. The number of rotatable bonds is 11. The summed E-state index contributed by atoms with van der Waals surface area (Å²) in [6.45, 7) is 0. The van der Waals surface area contributed by atoms with Gasteiger partial charge < -0.3 is 4.74 Å². The van der Waals surface area contributed by atoms with E-state index in [0.717, 1.165) is 90.2 Å². The van der Waals surface area contributed by atoms with E-state index in [4.69, 9.17) is 13.6 Å². The van der Waals surface area contributed by atoms with Crippen molar-refractivity contribution in [2.24, 2.45) is 0 Å². The highest BCUT2D eigenvalue weighted by Gasteiger charge is 2.21. The standard InChI is InChI=1S/C58H42O3/c1-7-19-47(20-8-1)53-37-44(38-54(59-53)48-21-9-2-10-22-48)34-31-43(32-35-45-39-55(49-23-11-3-12-24-49)60-56(40-45)50-25-13-4-14-26-50)33-36-46-41-57(51-27-15-5-16-28-51)61-58(42-46)52-29-17-6-18-30-52/h1-42H/q+2. The molecule has 0 spiro atoms. The maximum absolute atomic E-state index is 6.51. The van der Waals surface area contributed by atoms with Crippen LogP contribution < -0.4 is 0 Å². The highest BCUT2D eigenvalue weighted by atomic mass is 16.5. The fourth-order valence-corrected chi connectivity index (χ4v) is 7.07. The van der Waals surface area contributed by atoms with E-state index in [1.807, 2.05) is 109 Å². The van der Waals surface area contributed by atoms with Gasteiger partial charge >= 0.3 is 23.0 Å². The SMILES string of the molecule is C(C=C(/C=C/c1cc(-c2ccccc2)[o+]c(-c2ccccc2)c1)/C=C/c1cc(-c2ccccc2)[o+]c(-c2ccccc2)c1)=C1C=C(c2ccccc2)OC(c2ccccc2)=C1. The largest absolute Gasteiger partial charge is 0.456 e. The summed E-state index contributed by atoms with van der Waals surface area (Å²) in [7, 11) is 0. The Morgan fingerprint density at radius 1 is 0.361 bits per heavy atom. The van der Waals surface area contributed by atoms with E-state index < -0.39 is 0 Å². The van der Waals surface area contributed by atoms with Crippen molar-refractivity contribution in [3.05, 3.63) is 276 Å². The van der Waals surface area contributed by atoms with Crippen LogP contribution in [-0.4, -0.2) is 0 Å². The van der Waals surface area contributed by atoms with Crippen molar-refractivity contribution in [1.29, 1.82) is 0 Å². The molecule has 8 aromatic rings. The molecule has 0 fully saturated rings. The first-order valence-corrected chi connectivity index (χ1v) is 20.4. The van der Waals surface area contributed by atoms with Crippen LogP contribution in [0.2, 0.25) is 0 Å². The van der Waals surface area contributed by atoms with Gasteiger partial charge in [-0.15, -0.1) is 0 Å². The molecule has 3 nitrogen and oxygen atoms in total. The molecule has 0 radical (unpaired) electrons. The van der Waals surface area contributed by atoms with Crippen LogP contribution in [0.15, 0.2) is 263 Å². The lowest BCUT2D eigenvalue weighted by molar-refractivity contribution is 0.467. The smallest absolute Gasteiger partial charge is 0.361 e. The summed E-state index contributed by atoms with van der Waals surface area (Å²) in [5, 5.41) is 0. The predicted molar refractivity (Wildman–Crippen MR) is 252 cm³/mol. The van der Waals surface area contributed by atoms with Gasteiger partial charge in [0.2, 0.25) is 0 Å². The van der Waals surface area contributed by atoms with Crippen molar-refractivity contribution < 1.29 is 13.6 Å². The fraction of sp³-hybridized carbons (Fsp3) is 0. The van der Waals surface area contributed by atoms with Gasteiger partial charge in [0.15, 0.2) is 0 Å². The Labute approximate surface area is 357 Å². The Bertz CT molecular complexity index is 2610. The van der Waals surface area contributed by atoms with Crippen LogP contribution in [0.4, 0.5) is 0 Å². The zero-order chi connectivity index (χ0) is 41.1. The van der Waals surface area contributed by atoms with E-state index in [-0.39, 0.29) is 0 Å². The second-order valence-corrected chi connectivity index (χ2v) is 14.6. The van der Waals surface area contributed by atoms with Crippen LogP contribution in [0, 0.1) is 0 Å². The van der Waals surface area contributed by atoms with Gasteiger partial charge in [0.05, 0.1) is 46.5 Å². The summed E-state index contributed by atoms with van der Waals surface area (Å²) < 4.78 is 19.5. The van der Waals surface area contributed by atoms with Crippen LogP contribution in [0.25, 0.3) is 69.0 Å². The number of ether oxygens (including phenoxy) is 1. The van der Waals surface area contributed by atoms with Crippen molar-refractivity contribution in [3.63, 3.8) is 0 Å². The molecular weight excluding hydrogens is 745 g/mol. The second kappa shape index (κ2) is 18.6. The molecule has 290 valence electrons. The molecule has 9 rings (SSSR count).